The number of nitrogens with one attached hydrogen (secondary N) is 2. The SMILES string of the molecule is O=C(NCCN1CCCC1)c1ccc(CSc2nc3ccccc3[nH]2)cc1. The molecule has 2 heterocycles. The third kappa shape index (κ3) is 4.70. The molecule has 0 bridgehead atoms. The number of likely N-dealkylation sites (tertiary alicyclic amines) is 1. The molecule has 1 aliphatic rings. The van der Waals surface area contributed by atoms with Crippen LogP contribution in [0.5, 0.6) is 0 Å². The van der Waals surface area contributed by atoms with Crippen molar-refractivity contribution in [1.82, 2.24) is 20.2 Å². The monoisotopic (exact) mass is 380 g/mol. The maximum atomic E-state index is 12.3. The van der Waals surface area contributed by atoms with Gasteiger partial charge in [-0.25, -0.2) is 4.98 Å². The van der Waals surface area contributed by atoms with E-state index in [0.29, 0.717) is 12.1 Å². The lowest BCUT2D eigenvalue weighted by Crippen LogP contribution is -2.33. The Morgan fingerprint density at radius 2 is 1.89 bits per heavy atom. The van der Waals surface area contributed by atoms with E-state index >= 15 is 0 Å². The molecule has 27 heavy (non-hydrogen) atoms. The number of carbonyl (C=O) groups excluding carboxylic acids is 1. The number of nitrogens with zero attached hydrogens (tertiary/aromatic N) is 2. The summed E-state index contributed by atoms with van der Waals surface area (Å²) >= 11 is 1.67. The standard InChI is InChI=1S/C21H24N4OS/c26-20(22-11-14-25-12-3-4-13-25)17-9-7-16(8-10-17)15-27-21-23-18-5-1-2-6-19(18)24-21/h1-2,5-10H,3-4,11-15H2,(H,22,26)(H,23,24). The first-order valence-electron chi connectivity index (χ1n) is 9.45. The number of aromatic amines is 1. The summed E-state index contributed by atoms with van der Waals surface area (Å²) < 4.78 is 0. The maximum Gasteiger partial charge on any atom is 0.251 e. The van der Waals surface area contributed by atoms with Crippen molar-refractivity contribution in [2.45, 2.75) is 23.8 Å². The molecule has 0 radical (unpaired) electrons. The van der Waals surface area contributed by atoms with Gasteiger partial charge in [-0.1, -0.05) is 36.0 Å². The molecule has 1 amide bonds. The van der Waals surface area contributed by atoms with E-state index in [2.05, 4.69) is 20.2 Å². The molecule has 3 aromatic rings. The van der Waals surface area contributed by atoms with Crippen LogP contribution in [0.2, 0.25) is 0 Å². The Hall–Kier alpha value is -2.31. The van der Waals surface area contributed by atoms with Gasteiger partial charge in [-0.3, -0.25) is 4.79 Å². The first kappa shape index (κ1) is 18.1. The smallest absolute Gasteiger partial charge is 0.251 e. The molecule has 1 aromatic heterocycles. The molecule has 0 unspecified atom stereocenters. The molecule has 1 saturated heterocycles. The molecule has 0 spiro atoms. The minimum Gasteiger partial charge on any atom is -0.351 e. The molecular weight excluding hydrogens is 356 g/mol. The second-order valence-corrected chi connectivity index (χ2v) is 7.81. The minimum atomic E-state index is 0.00526. The molecule has 5 nitrogen and oxygen atoms in total. The van der Waals surface area contributed by atoms with Crippen LogP contribution in [-0.2, 0) is 5.75 Å². The molecule has 0 aliphatic carbocycles. The van der Waals surface area contributed by atoms with Gasteiger partial charge < -0.3 is 15.2 Å². The van der Waals surface area contributed by atoms with Crippen LogP contribution in [0.4, 0.5) is 0 Å². The average Bonchev–Trinajstić information content (AvgIpc) is 3.36. The molecule has 6 heteroatoms. The van der Waals surface area contributed by atoms with Crippen molar-refractivity contribution in [3.05, 3.63) is 59.7 Å². The number of hydrogen-bond donors (Lipinski definition) is 2. The number of aromatic nitrogens is 2. The average molecular weight is 381 g/mol. The fourth-order valence-corrected chi connectivity index (χ4v) is 4.18. The number of hydrogen-bond acceptors (Lipinski definition) is 4. The fourth-order valence-electron chi connectivity index (χ4n) is 3.34. The zero-order valence-electron chi connectivity index (χ0n) is 15.3. The maximum absolute atomic E-state index is 12.3. The number of thioether (sulfide) groups is 1. The van der Waals surface area contributed by atoms with Crippen LogP contribution in [0.3, 0.4) is 0 Å². The van der Waals surface area contributed by atoms with E-state index in [1.54, 1.807) is 11.8 Å². The summed E-state index contributed by atoms with van der Waals surface area (Å²) in [6.07, 6.45) is 2.56. The van der Waals surface area contributed by atoms with Gasteiger partial charge in [-0.05, 0) is 55.8 Å². The van der Waals surface area contributed by atoms with Gasteiger partial charge in [-0.2, -0.15) is 0 Å². The zero-order valence-corrected chi connectivity index (χ0v) is 16.1. The lowest BCUT2D eigenvalue weighted by Gasteiger charge is -2.14. The van der Waals surface area contributed by atoms with Crippen LogP contribution in [0.1, 0.15) is 28.8 Å². The highest BCUT2D eigenvalue weighted by atomic mass is 32.2. The lowest BCUT2D eigenvalue weighted by atomic mass is 10.1. The van der Waals surface area contributed by atoms with Crippen molar-refractivity contribution < 1.29 is 4.79 Å². The third-order valence-corrected chi connectivity index (χ3v) is 5.82. The summed E-state index contributed by atoms with van der Waals surface area (Å²) in [5.74, 6) is 0.821. The number of imidazole rings is 1. The van der Waals surface area contributed by atoms with Crippen molar-refractivity contribution in [2.24, 2.45) is 0 Å². The summed E-state index contributed by atoms with van der Waals surface area (Å²) in [6.45, 7) is 3.97. The fraction of sp³-hybridized carbons (Fsp3) is 0.333. The highest BCUT2D eigenvalue weighted by Crippen LogP contribution is 2.23. The Balaban J connectivity index is 1.27. The quantitative estimate of drug-likeness (QED) is 0.614. The van der Waals surface area contributed by atoms with E-state index in [9.17, 15) is 4.79 Å². The van der Waals surface area contributed by atoms with Crippen LogP contribution < -0.4 is 5.32 Å². The Labute approximate surface area is 163 Å². The van der Waals surface area contributed by atoms with E-state index in [-0.39, 0.29) is 5.91 Å². The number of benzene rings is 2. The van der Waals surface area contributed by atoms with Crippen molar-refractivity contribution >= 4 is 28.7 Å². The van der Waals surface area contributed by atoms with Crippen molar-refractivity contribution in [3.63, 3.8) is 0 Å². The number of fused-ring (bicyclic) bond motifs is 1. The van der Waals surface area contributed by atoms with Crippen molar-refractivity contribution in [2.75, 3.05) is 26.2 Å². The van der Waals surface area contributed by atoms with Gasteiger partial charge in [0, 0.05) is 24.4 Å². The summed E-state index contributed by atoms with van der Waals surface area (Å²) in [5, 5.41) is 3.93. The molecule has 1 aliphatic heterocycles. The molecule has 0 atom stereocenters. The van der Waals surface area contributed by atoms with Gasteiger partial charge in [-0.15, -0.1) is 0 Å². The number of carbonyl (C=O) groups is 1. The Bertz CT molecular complexity index is 867. The van der Waals surface area contributed by atoms with Gasteiger partial charge in [0.15, 0.2) is 5.16 Å². The molecule has 2 N–H and O–H groups in total. The van der Waals surface area contributed by atoms with Gasteiger partial charge in [0.2, 0.25) is 0 Å². The van der Waals surface area contributed by atoms with Gasteiger partial charge in [0.25, 0.3) is 5.91 Å². The van der Waals surface area contributed by atoms with Crippen LogP contribution in [0.15, 0.2) is 53.7 Å². The van der Waals surface area contributed by atoms with Crippen LogP contribution >= 0.6 is 11.8 Å². The van der Waals surface area contributed by atoms with Gasteiger partial charge in [0.05, 0.1) is 11.0 Å². The topological polar surface area (TPSA) is 61.0 Å². The second kappa shape index (κ2) is 8.59. The first-order valence-corrected chi connectivity index (χ1v) is 10.4. The van der Waals surface area contributed by atoms with E-state index in [0.717, 1.165) is 41.6 Å². The van der Waals surface area contributed by atoms with Crippen LogP contribution in [0, 0.1) is 0 Å². The summed E-state index contributed by atoms with van der Waals surface area (Å²) in [5.41, 5.74) is 3.94. The highest BCUT2D eigenvalue weighted by molar-refractivity contribution is 7.98. The van der Waals surface area contributed by atoms with E-state index in [4.69, 9.17) is 0 Å². The predicted octanol–water partition coefficient (Wildman–Crippen LogP) is 3.68. The molecule has 1 fully saturated rings. The normalized spacial score (nSPS) is 14.7. The zero-order chi connectivity index (χ0) is 18.5. The van der Waals surface area contributed by atoms with Gasteiger partial charge >= 0.3 is 0 Å². The molecule has 2 aromatic carbocycles. The first-order chi connectivity index (χ1) is 13.3. The van der Waals surface area contributed by atoms with Crippen LogP contribution in [0.25, 0.3) is 11.0 Å². The Morgan fingerprint density at radius 1 is 1.11 bits per heavy atom. The highest BCUT2D eigenvalue weighted by Gasteiger charge is 2.12. The molecule has 4 rings (SSSR count). The Kier molecular flexibility index (Phi) is 5.75. The van der Waals surface area contributed by atoms with Crippen LogP contribution in [-0.4, -0.2) is 47.0 Å². The summed E-state index contributed by atoms with van der Waals surface area (Å²) in [7, 11) is 0. The number of para-hydroxylation sites is 2. The number of H-pyrrole nitrogens is 1. The number of amides is 1. The van der Waals surface area contributed by atoms with E-state index in [1.165, 1.54) is 18.4 Å². The lowest BCUT2D eigenvalue weighted by molar-refractivity contribution is 0.0950. The third-order valence-electron chi connectivity index (χ3n) is 4.87. The minimum absolute atomic E-state index is 0.00526. The molecular formula is C21H24N4OS. The molecule has 0 saturated carbocycles. The van der Waals surface area contributed by atoms with E-state index < -0.39 is 0 Å². The number of rotatable bonds is 7. The van der Waals surface area contributed by atoms with E-state index in [1.807, 2.05) is 48.5 Å². The second-order valence-electron chi connectivity index (χ2n) is 6.85. The van der Waals surface area contributed by atoms with Gasteiger partial charge in [0.1, 0.15) is 0 Å². The molecule has 140 valence electrons. The predicted molar refractivity (Wildman–Crippen MR) is 110 cm³/mol. The largest absolute Gasteiger partial charge is 0.351 e. The Morgan fingerprint density at radius 3 is 2.67 bits per heavy atom. The summed E-state index contributed by atoms with van der Waals surface area (Å²) in [4.78, 5) is 22.6. The summed E-state index contributed by atoms with van der Waals surface area (Å²) in [6, 6.07) is 15.9. The van der Waals surface area contributed by atoms with Crippen molar-refractivity contribution in [3.8, 4) is 0 Å². The van der Waals surface area contributed by atoms with Crippen molar-refractivity contribution in [1.29, 1.82) is 0 Å².